The summed E-state index contributed by atoms with van der Waals surface area (Å²) in [5.74, 6) is 0.483. The van der Waals surface area contributed by atoms with Crippen LogP contribution in [0.5, 0.6) is 0 Å². The number of rotatable bonds is 5. The molecule has 0 bridgehead atoms. The maximum Gasteiger partial charge on any atom is 0.322 e. The topological polar surface area (TPSA) is 84.7 Å². The Morgan fingerprint density at radius 1 is 1.35 bits per heavy atom. The van der Waals surface area contributed by atoms with Gasteiger partial charge in [-0.2, -0.15) is 0 Å². The summed E-state index contributed by atoms with van der Waals surface area (Å²) < 4.78 is 10.1. The van der Waals surface area contributed by atoms with Crippen LogP contribution in [0, 0.1) is 6.92 Å². The lowest BCUT2D eigenvalue weighted by Gasteiger charge is -2.23. The molecule has 1 aliphatic rings. The number of hydrogen-bond acceptors (Lipinski definition) is 5. The van der Waals surface area contributed by atoms with Gasteiger partial charge in [-0.3, -0.25) is 4.79 Å². The first-order valence-electron chi connectivity index (χ1n) is 8.82. The van der Waals surface area contributed by atoms with Crippen LogP contribution in [0.4, 0.5) is 10.5 Å². The smallest absolute Gasteiger partial charge is 0.322 e. The van der Waals surface area contributed by atoms with Crippen LogP contribution >= 0.6 is 0 Å². The first kappa shape index (κ1) is 18.0. The van der Waals surface area contributed by atoms with Crippen molar-refractivity contribution in [3.8, 4) is 0 Å². The highest BCUT2D eigenvalue weighted by molar-refractivity contribution is 5.89. The average Bonchev–Trinajstić information content (AvgIpc) is 3.25. The summed E-state index contributed by atoms with van der Waals surface area (Å²) >= 11 is 0. The second kappa shape index (κ2) is 8.03. The van der Waals surface area contributed by atoms with Gasteiger partial charge in [0.2, 0.25) is 0 Å². The van der Waals surface area contributed by atoms with Crippen molar-refractivity contribution < 1.29 is 18.8 Å². The minimum atomic E-state index is -0.257. The molecule has 0 aliphatic carbocycles. The Morgan fingerprint density at radius 3 is 2.77 bits per heavy atom. The Labute approximate surface area is 152 Å². The highest BCUT2D eigenvalue weighted by atomic mass is 16.5. The van der Waals surface area contributed by atoms with Gasteiger partial charge < -0.3 is 19.5 Å². The molecule has 1 fully saturated rings. The molecule has 1 aromatic heterocycles. The van der Waals surface area contributed by atoms with Crippen LogP contribution in [-0.2, 0) is 16.0 Å². The lowest BCUT2D eigenvalue weighted by Crippen LogP contribution is -2.34. The molecular formula is C19H23N3O4. The van der Waals surface area contributed by atoms with E-state index in [4.69, 9.17) is 9.26 Å². The van der Waals surface area contributed by atoms with E-state index < -0.39 is 0 Å². The second-order valence-corrected chi connectivity index (χ2v) is 6.32. The van der Waals surface area contributed by atoms with E-state index in [1.54, 1.807) is 24.0 Å². The molecule has 1 aliphatic heterocycles. The molecule has 2 amide bonds. The molecule has 7 nitrogen and oxygen atoms in total. The number of nitrogens with zero attached hydrogens (tertiary/aromatic N) is 2. The number of anilines is 1. The maximum atomic E-state index is 12.6. The zero-order valence-corrected chi connectivity index (χ0v) is 15.0. The number of nitrogens with one attached hydrogen (secondary N) is 1. The van der Waals surface area contributed by atoms with E-state index in [1.807, 2.05) is 25.1 Å². The molecule has 0 saturated carbocycles. The number of ether oxygens (including phenoxy) is 1. The molecule has 1 saturated heterocycles. The van der Waals surface area contributed by atoms with Crippen molar-refractivity contribution >= 4 is 17.7 Å². The molecule has 7 heteroatoms. The summed E-state index contributed by atoms with van der Waals surface area (Å²) in [6.45, 7) is 4.68. The number of benzene rings is 1. The second-order valence-electron chi connectivity index (χ2n) is 6.32. The van der Waals surface area contributed by atoms with Crippen LogP contribution < -0.4 is 5.32 Å². The van der Waals surface area contributed by atoms with Crippen molar-refractivity contribution in [2.24, 2.45) is 0 Å². The van der Waals surface area contributed by atoms with Crippen LogP contribution in [-0.4, -0.2) is 35.2 Å². The summed E-state index contributed by atoms with van der Waals surface area (Å²) in [6, 6.07) is 8.86. The first-order chi connectivity index (χ1) is 12.6. The molecular weight excluding hydrogens is 334 g/mol. The van der Waals surface area contributed by atoms with E-state index in [1.165, 1.54) is 0 Å². The fourth-order valence-corrected chi connectivity index (χ4v) is 3.14. The number of carbonyl (C=O) groups excluding carboxylic acids is 2. The van der Waals surface area contributed by atoms with Gasteiger partial charge in [-0.15, -0.1) is 0 Å². The standard InChI is InChI=1S/C19H23N3O4/c1-3-25-18(23)12-14-6-8-15(9-7-14)20-19(24)22-10-4-5-17(22)16-11-13(2)26-21-16/h6-9,11,17H,3-5,10,12H2,1-2H3,(H,20,24). The number of urea groups is 1. The van der Waals surface area contributed by atoms with E-state index in [0.717, 1.165) is 29.9 Å². The molecule has 3 rings (SSSR count). The number of esters is 1. The molecule has 1 aromatic carbocycles. The quantitative estimate of drug-likeness (QED) is 0.829. The van der Waals surface area contributed by atoms with Crippen molar-refractivity contribution in [3.63, 3.8) is 0 Å². The summed E-state index contributed by atoms with van der Waals surface area (Å²) in [5, 5.41) is 6.96. The fourth-order valence-electron chi connectivity index (χ4n) is 3.14. The van der Waals surface area contributed by atoms with Crippen LogP contribution in [0.3, 0.4) is 0 Å². The molecule has 2 aromatic rings. The average molecular weight is 357 g/mol. The minimum absolute atomic E-state index is 0.0597. The van der Waals surface area contributed by atoms with Crippen molar-refractivity contribution in [1.29, 1.82) is 0 Å². The van der Waals surface area contributed by atoms with Gasteiger partial charge in [0.25, 0.3) is 0 Å². The maximum absolute atomic E-state index is 12.6. The van der Waals surface area contributed by atoms with Crippen molar-refractivity contribution in [3.05, 3.63) is 47.3 Å². The molecule has 1 unspecified atom stereocenters. The Kier molecular flexibility index (Phi) is 5.55. The summed E-state index contributed by atoms with van der Waals surface area (Å²) in [7, 11) is 0. The molecule has 138 valence electrons. The number of aromatic nitrogens is 1. The van der Waals surface area contributed by atoms with Crippen molar-refractivity contribution in [1.82, 2.24) is 10.1 Å². The van der Waals surface area contributed by atoms with E-state index in [0.29, 0.717) is 18.8 Å². The monoisotopic (exact) mass is 357 g/mol. The predicted octanol–water partition coefficient (Wildman–Crippen LogP) is 3.46. The Morgan fingerprint density at radius 2 is 2.12 bits per heavy atom. The third kappa shape index (κ3) is 4.22. The number of likely N-dealkylation sites (tertiary alicyclic amines) is 1. The van der Waals surface area contributed by atoms with Crippen LogP contribution in [0.25, 0.3) is 0 Å². The predicted molar refractivity (Wildman–Crippen MR) is 95.7 cm³/mol. The summed E-state index contributed by atoms with van der Waals surface area (Å²) in [6.07, 6.45) is 2.03. The summed E-state index contributed by atoms with van der Waals surface area (Å²) in [4.78, 5) is 25.9. The number of hydrogen-bond donors (Lipinski definition) is 1. The van der Waals surface area contributed by atoms with Gasteiger partial charge in [-0.25, -0.2) is 4.79 Å². The fraction of sp³-hybridized carbons (Fsp3) is 0.421. The lowest BCUT2D eigenvalue weighted by molar-refractivity contribution is -0.142. The van der Waals surface area contributed by atoms with E-state index in [9.17, 15) is 9.59 Å². The third-order valence-electron chi connectivity index (χ3n) is 4.36. The molecule has 0 radical (unpaired) electrons. The van der Waals surface area contributed by atoms with Gasteiger partial charge in [-0.1, -0.05) is 17.3 Å². The lowest BCUT2D eigenvalue weighted by atomic mass is 10.1. The Hall–Kier alpha value is -2.83. The van der Waals surface area contributed by atoms with Gasteiger partial charge in [0.15, 0.2) is 0 Å². The van der Waals surface area contributed by atoms with Gasteiger partial charge in [0.1, 0.15) is 11.5 Å². The molecule has 1 N–H and O–H groups in total. The summed E-state index contributed by atoms with van der Waals surface area (Å²) in [5.41, 5.74) is 2.32. The zero-order chi connectivity index (χ0) is 18.5. The van der Waals surface area contributed by atoms with Gasteiger partial charge in [0, 0.05) is 18.3 Å². The Bertz CT molecular complexity index is 769. The minimum Gasteiger partial charge on any atom is -0.466 e. The molecule has 0 spiro atoms. The number of aryl methyl sites for hydroxylation is 1. The molecule has 26 heavy (non-hydrogen) atoms. The van der Waals surface area contributed by atoms with Crippen LogP contribution in [0.2, 0.25) is 0 Å². The van der Waals surface area contributed by atoms with Crippen molar-refractivity contribution in [2.75, 3.05) is 18.5 Å². The zero-order valence-electron chi connectivity index (χ0n) is 15.0. The highest BCUT2D eigenvalue weighted by Crippen LogP contribution is 2.32. The molecule has 2 heterocycles. The van der Waals surface area contributed by atoms with E-state index >= 15 is 0 Å². The van der Waals surface area contributed by atoms with E-state index in [2.05, 4.69) is 10.5 Å². The van der Waals surface area contributed by atoms with Crippen molar-refractivity contribution in [2.45, 2.75) is 39.2 Å². The van der Waals surface area contributed by atoms with Gasteiger partial charge >= 0.3 is 12.0 Å². The van der Waals surface area contributed by atoms with Crippen LogP contribution in [0.15, 0.2) is 34.9 Å². The van der Waals surface area contributed by atoms with E-state index in [-0.39, 0.29) is 24.5 Å². The normalized spacial score (nSPS) is 16.5. The number of carbonyl (C=O) groups is 2. The highest BCUT2D eigenvalue weighted by Gasteiger charge is 2.32. The van der Waals surface area contributed by atoms with Gasteiger partial charge in [0.05, 0.1) is 19.1 Å². The first-order valence-corrected chi connectivity index (χ1v) is 8.82. The van der Waals surface area contributed by atoms with Crippen LogP contribution in [0.1, 0.15) is 42.8 Å². The number of amides is 2. The third-order valence-corrected chi connectivity index (χ3v) is 4.36. The largest absolute Gasteiger partial charge is 0.466 e. The Balaban J connectivity index is 1.61. The van der Waals surface area contributed by atoms with Gasteiger partial charge in [-0.05, 0) is 44.4 Å². The SMILES string of the molecule is CCOC(=O)Cc1ccc(NC(=O)N2CCCC2c2cc(C)on2)cc1. The molecule has 1 atom stereocenters.